The lowest BCUT2D eigenvalue weighted by molar-refractivity contribution is -0.114. The Hall–Kier alpha value is -2.77. The Kier molecular flexibility index (Phi) is 4.41. The van der Waals surface area contributed by atoms with Crippen LogP contribution in [0.25, 0.3) is 16.7 Å². The SMILES string of the molecule is COC1(c2cccc(-n3cc(C)c4cnc(NC(C)=O)cc43)n2)CCOC1. The molecule has 1 aliphatic heterocycles. The summed E-state index contributed by atoms with van der Waals surface area (Å²) < 4.78 is 13.3. The minimum atomic E-state index is -0.503. The molecule has 7 heteroatoms. The van der Waals surface area contributed by atoms with Crippen molar-refractivity contribution in [2.75, 3.05) is 25.6 Å². The highest BCUT2D eigenvalue weighted by molar-refractivity contribution is 5.92. The molecule has 1 saturated heterocycles. The number of aromatic nitrogens is 3. The number of anilines is 1. The number of aryl methyl sites for hydroxylation is 1. The van der Waals surface area contributed by atoms with E-state index in [0.717, 1.165) is 34.4 Å². The zero-order chi connectivity index (χ0) is 19.0. The zero-order valence-corrected chi connectivity index (χ0v) is 15.7. The van der Waals surface area contributed by atoms with E-state index in [1.54, 1.807) is 13.3 Å². The number of nitrogens with one attached hydrogen (secondary N) is 1. The van der Waals surface area contributed by atoms with Crippen molar-refractivity contribution >= 4 is 22.6 Å². The lowest BCUT2D eigenvalue weighted by Crippen LogP contribution is -2.30. The molecule has 1 N–H and O–H groups in total. The lowest BCUT2D eigenvalue weighted by Gasteiger charge is -2.25. The molecular formula is C20H22N4O3. The molecule has 0 radical (unpaired) electrons. The summed E-state index contributed by atoms with van der Waals surface area (Å²) in [6.45, 7) is 4.66. The molecule has 1 fully saturated rings. The van der Waals surface area contributed by atoms with E-state index in [2.05, 4.69) is 10.3 Å². The predicted octanol–water partition coefficient (Wildman–Crippen LogP) is 2.95. The van der Waals surface area contributed by atoms with Gasteiger partial charge in [-0.1, -0.05) is 6.07 Å². The summed E-state index contributed by atoms with van der Waals surface area (Å²) in [4.78, 5) is 20.6. The van der Waals surface area contributed by atoms with Crippen LogP contribution in [0, 0.1) is 6.92 Å². The molecule has 0 saturated carbocycles. The fraction of sp³-hybridized carbons (Fsp3) is 0.350. The van der Waals surface area contributed by atoms with Crippen molar-refractivity contribution in [3.8, 4) is 5.82 Å². The van der Waals surface area contributed by atoms with Crippen molar-refractivity contribution in [3.05, 3.63) is 47.9 Å². The number of amides is 1. The molecule has 4 rings (SSSR count). The van der Waals surface area contributed by atoms with Gasteiger partial charge in [0.05, 0.1) is 17.8 Å². The number of ether oxygens (including phenoxy) is 2. The van der Waals surface area contributed by atoms with E-state index < -0.39 is 5.60 Å². The van der Waals surface area contributed by atoms with Gasteiger partial charge in [-0.2, -0.15) is 0 Å². The second-order valence-corrected chi connectivity index (χ2v) is 6.83. The van der Waals surface area contributed by atoms with E-state index in [1.807, 2.05) is 42.0 Å². The molecule has 4 heterocycles. The molecule has 140 valence electrons. The molecule has 0 aromatic carbocycles. The fourth-order valence-corrected chi connectivity index (χ4v) is 3.54. The van der Waals surface area contributed by atoms with Crippen LogP contribution < -0.4 is 5.32 Å². The maximum Gasteiger partial charge on any atom is 0.222 e. The van der Waals surface area contributed by atoms with Gasteiger partial charge in [0.1, 0.15) is 17.2 Å². The van der Waals surface area contributed by atoms with Crippen LogP contribution in [0.5, 0.6) is 0 Å². The molecule has 0 spiro atoms. The summed E-state index contributed by atoms with van der Waals surface area (Å²) in [5.41, 5.74) is 2.38. The van der Waals surface area contributed by atoms with Crippen LogP contribution in [-0.4, -0.2) is 40.8 Å². The normalized spacial score (nSPS) is 19.5. The number of carbonyl (C=O) groups is 1. The minimum Gasteiger partial charge on any atom is -0.378 e. The summed E-state index contributed by atoms with van der Waals surface area (Å²) >= 11 is 0. The third-order valence-electron chi connectivity index (χ3n) is 5.02. The Labute approximate surface area is 157 Å². The van der Waals surface area contributed by atoms with Crippen LogP contribution in [0.15, 0.2) is 36.7 Å². The van der Waals surface area contributed by atoms with Crippen LogP contribution in [0.1, 0.15) is 24.6 Å². The molecule has 7 nitrogen and oxygen atoms in total. The Morgan fingerprint density at radius 1 is 1.41 bits per heavy atom. The van der Waals surface area contributed by atoms with E-state index in [0.29, 0.717) is 19.0 Å². The Bertz CT molecular complexity index is 1010. The largest absolute Gasteiger partial charge is 0.378 e. The summed E-state index contributed by atoms with van der Waals surface area (Å²) in [7, 11) is 1.70. The van der Waals surface area contributed by atoms with Gasteiger partial charge < -0.3 is 19.4 Å². The summed E-state index contributed by atoms with van der Waals surface area (Å²) in [5.74, 6) is 1.15. The quantitative estimate of drug-likeness (QED) is 0.768. The van der Waals surface area contributed by atoms with Gasteiger partial charge in [-0.25, -0.2) is 9.97 Å². The molecule has 0 aliphatic carbocycles. The second kappa shape index (κ2) is 6.75. The Morgan fingerprint density at radius 2 is 2.26 bits per heavy atom. The molecule has 3 aromatic rings. The van der Waals surface area contributed by atoms with Crippen molar-refractivity contribution in [1.82, 2.24) is 14.5 Å². The number of fused-ring (bicyclic) bond motifs is 1. The Morgan fingerprint density at radius 3 is 2.96 bits per heavy atom. The lowest BCUT2D eigenvalue weighted by atomic mass is 9.98. The van der Waals surface area contributed by atoms with Crippen molar-refractivity contribution in [1.29, 1.82) is 0 Å². The summed E-state index contributed by atoms with van der Waals surface area (Å²) in [6, 6.07) is 7.78. The highest BCUT2D eigenvalue weighted by atomic mass is 16.5. The maximum atomic E-state index is 11.4. The first-order valence-corrected chi connectivity index (χ1v) is 8.88. The Balaban J connectivity index is 1.82. The van der Waals surface area contributed by atoms with Crippen LogP contribution in [0.3, 0.4) is 0 Å². The van der Waals surface area contributed by atoms with Gasteiger partial charge in [-0.05, 0) is 24.6 Å². The molecule has 1 unspecified atom stereocenters. The third-order valence-corrected chi connectivity index (χ3v) is 5.02. The molecular weight excluding hydrogens is 344 g/mol. The van der Waals surface area contributed by atoms with Crippen molar-refractivity contribution in [2.24, 2.45) is 0 Å². The van der Waals surface area contributed by atoms with E-state index >= 15 is 0 Å². The molecule has 3 aromatic heterocycles. The highest BCUT2D eigenvalue weighted by Crippen LogP contribution is 2.33. The number of rotatable bonds is 4. The van der Waals surface area contributed by atoms with Crippen molar-refractivity contribution in [2.45, 2.75) is 25.9 Å². The van der Waals surface area contributed by atoms with Crippen LogP contribution >= 0.6 is 0 Å². The van der Waals surface area contributed by atoms with E-state index in [-0.39, 0.29) is 5.91 Å². The molecule has 27 heavy (non-hydrogen) atoms. The molecule has 0 bridgehead atoms. The maximum absolute atomic E-state index is 11.4. The van der Waals surface area contributed by atoms with Crippen LogP contribution in [-0.2, 0) is 19.9 Å². The molecule has 1 aliphatic rings. The van der Waals surface area contributed by atoms with E-state index in [9.17, 15) is 4.79 Å². The summed E-state index contributed by atoms with van der Waals surface area (Å²) in [5, 5.41) is 3.75. The minimum absolute atomic E-state index is 0.153. The monoisotopic (exact) mass is 366 g/mol. The first kappa shape index (κ1) is 17.6. The standard InChI is InChI=1S/C20H22N4O3/c1-13-11-24(16-9-18(22-14(2)25)21-10-15(13)16)19-6-4-5-17(23-19)20(26-3)7-8-27-12-20/h4-6,9-11H,7-8,12H2,1-3H3,(H,21,22,25). The average molecular weight is 366 g/mol. The van der Waals surface area contributed by atoms with Crippen LogP contribution in [0.2, 0.25) is 0 Å². The first-order chi connectivity index (χ1) is 13.0. The van der Waals surface area contributed by atoms with E-state index in [1.165, 1.54) is 6.92 Å². The van der Waals surface area contributed by atoms with Crippen LogP contribution in [0.4, 0.5) is 5.82 Å². The topological polar surface area (TPSA) is 78.3 Å². The first-order valence-electron chi connectivity index (χ1n) is 8.88. The average Bonchev–Trinajstić information content (AvgIpc) is 3.27. The number of nitrogens with zero attached hydrogens (tertiary/aromatic N) is 3. The molecule has 1 amide bonds. The second-order valence-electron chi connectivity index (χ2n) is 6.83. The van der Waals surface area contributed by atoms with Gasteiger partial charge in [-0.3, -0.25) is 4.79 Å². The van der Waals surface area contributed by atoms with Crippen molar-refractivity contribution < 1.29 is 14.3 Å². The van der Waals surface area contributed by atoms with Gasteiger partial charge in [0, 0.05) is 50.9 Å². The van der Waals surface area contributed by atoms with Gasteiger partial charge in [0.2, 0.25) is 5.91 Å². The van der Waals surface area contributed by atoms with E-state index in [4.69, 9.17) is 14.5 Å². The van der Waals surface area contributed by atoms with Crippen molar-refractivity contribution in [3.63, 3.8) is 0 Å². The van der Waals surface area contributed by atoms with Gasteiger partial charge >= 0.3 is 0 Å². The zero-order valence-electron chi connectivity index (χ0n) is 15.7. The highest BCUT2D eigenvalue weighted by Gasteiger charge is 2.38. The fourth-order valence-electron chi connectivity index (χ4n) is 3.54. The molecule has 1 atom stereocenters. The summed E-state index contributed by atoms with van der Waals surface area (Å²) in [6.07, 6.45) is 4.58. The third kappa shape index (κ3) is 3.09. The predicted molar refractivity (Wildman–Crippen MR) is 102 cm³/mol. The number of methoxy groups -OCH3 is 1. The number of carbonyl (C=O) groups excluding carboxylic acids is 1. The number of hydrogen-bond acceptors (Lipinski definition) is 5. The van der Waals surface area contributed by atoms with Gasteiger partial charge in [0.15, 0.2) is 0 Å². The number of hydrogen-bond donors (Lipinski definition) is 1. The number of pyridine rings is 2. The van der Waals surface area contributed by atoms with Gasteiger partial charge in [-0.15, -0.1) is 0 Å². The van der Waals surface area contributed by atoms with Gasteiger partial charge in [0.25, 0.3) is 0 Å². The smallest absolute Gasteiger partial charge is 0.222 e.